The number of hydrogen-bond acceptors (Lipinski definition) is 5. The summed E-state index contributed by atoms with van der Waals surface area (Å²) in [5.41, 5.74) is -0.111. The van der Waals surface area contributed by atoms with Crippen molar-refractivity contribution in [2.24, 2.45) is 0 Å². The number of benzene rings is 1. The zero-order valence-corrected chi connectivity index (χ0v) is 13.8. The molecule has 0 amide bonds. The van der Waals surface area contributed by atoms with E-state index in [1.54, 1.807) is 0 Å². The topological polar surface area (TPSA) is 93.8 Å². The Morgan fingerprint density at radius 1 is 1.12 bits per heavy atom. The van der Waals surface area contributed by atoms with Crippen LogP contribution in [0.1, 0.15) is 17.3 Å². The van der Waals surface area contributed by atoms with Crippen LogP contribution in [0.3, 0.4) is 0 Å². The lowest BCUT2D eigenvalue weighted by Crippen LogP contribution is -2.35. The zero-order chi connectivity index (χ0) is 17.1. The molecule has 124 valence electrons. The van der Waals surface area contributed by atoms with Crippen LogP contribution < -0.4 is 11.2 Å². The van der Waals surface area contributed by atoms with Crippen LogP contribution >= 0.6 is 23.2 Å². The van der Waals surface area contributed by atoms with E-state index in [0.717, 1.165) is 16.3 Å². The fourth-order valence-electron chi connectivity index (χ4n) is 2.13. The van der Waals surface area contributed by atoms with Crippen molar-refractivity contribution in [3.63, 3.8) is 0 Å². The zero-order valence-electron chi connectivity index (χ0n) is 12.3. The number of aryl methyl sites for hydroxylation is 2. The molecule has 0 aliphatic heterocycles. The van der Waals surface area contributed by atoms with Crippen molar-refractivity contribution >= 4 is 23.2 Å². The molecule has 24 heavy (non-hydrogen) atoms. The highest BCUT2D eigenvalue weighted by Crippen LogP contribution is 2.11. The van der Waals surface area contributed by atoms with E-state index < -0.39 is 11.2 Å². The van der Waals surface area contributed by atoms with Crippen LogP contribution in [-0.2, 0) is 19.4 Å². The number of nitrogens with one attached hydrogen (secondary N) is 1. The molecule has 2 aromatic heterocycles. The monoisotopic (exact) mass is 366 g/mol. The molecule has 0 saturated heterocycles. The largest absolute Gasteiger partial charge is 0.337 e. The first kappa shape index (κ1) is 16.5. The molecule has 1 N–H and O–H groups in total. The fourth-order valence-corrected chi connectivity index (χ4v) is 2.41. The highest BCUT2D eigenvalue weighted by atomic mass is 35.5. The third kappa shape index (κ3) is 3.74. The summed E-state index contributed by atoms with van der Waals surface area (Å²) in [6.45, 7) is -0.136. The van der Waals surface area contributed by atoms with Gasteiger partial charge in [0.15, 0.2) is 5.82 Å². The average molecular weight is 367 g/mol. The van der Waals surface area contributed by atoms with Crippen molar-refractivity contribution in [1.29, 1.82) is 0 Å². The lowest BCUT2D eigenvalue weighted by atomic mass is 10.1. The second-order valence-electron chi connectivity index (χ2n) is 5.06. The van der Waals surface area contributed by atoms with E-state index in [1.807, 2.05) is 24.3 Å². The SMILES string of the molecule is O=c1[nH]cc(Cl)c(=O)n1Cc1nc(CCc2ccc(Cl)cc2)no1. The van der Waals surface area contributed by atoms with E-state index in [0.29, 0.717) is 23.7 Å². The van der Waals surface area contributed by atoms with Gasteiger partial charge in [-0.1, -0.05) is 40.5 Å². The molecule has 0 atom stereocenters. The first-order valence-electron chi connectivity index (χ1n) is 7.07. The van der Waals surface area contributed by atoms with Gasteiger partial charge in [0, 0.05) is 17.6 Å². The molecule has 0 aliphatic carbocycles. The van der Waals surface area contributed by atoms with Crippen LogP contribution in [0.25, 0.3) is 0 Å². The smallest absolute Gasteiger partial charge is 0.328 e. The fraction of sp³-hybridized carbons (Fsp3) is 0.200. The number of aromatic nitrogens is 4. The van der Waals surface area contributed by atoms with E-state index >= 15 is 0 Å². The van der Waals surface area contributed by atoms with Crippen molar-refractivity contribution in [2.45, 2.75) is 19.4 Å². The van der Waals surface area contributed by atoms with Crippen LogP contribution in [-0.4, -0.2) is 19.7 Å². The van der Waals surface area contributed by atoms with E-state index in [1.165, 1.54) is 0 Å². The summed E-state index contributed by atoms with van der Waals surface area (Å²) in [6, 6.07) is 7.48. The molecule has 0 saturated carbocycles. The molecule has 0 fully saturated rings. The Hall–Kier alpha value is -2.38. The predicted octanol–water partition coefficient (Wildman–Crippen LogP) is 2.06. The van der Waals surface area contributed by atoms with Crippen LogP contribution in [0.5, 0.6) is 0 Å². The normalized spacial score (nSPS) is 10.9. The summed E-state index contributed by atoms with van der Waals surface area (Å²) in [7, 11) is 0. The molecular formula is C15H12Cl2N4O3. The van der Waals surface area contributed by atoms with Gasteiger partial charge in [-0.15, -0.1) is 0 Å². The Morgan fingerprint density at radius 3 is 2.62 bits per heavy atom. The second-order valence-corrected chi connectivity index (χ2v) is 5.91. The van der Waals surface area contributed by atoms with Crippen molar-refractivity contribution in [2.75, 3.05) is 0 Å². The maximum atomic E-state index is 11.8. The van der Waals surface area contributed by atoms with Crippen LogP contribution in [0.2, 0.25) is 10.0 Å². The van der Waals surface area contributed by atoms with E-state index in [9.17, 15) is 9.59 Å². The van der Waals surface area contributed by atoms with Gasteiger partial charge in [-0.25, -0.2) is 9.36 Å². The van der Waals surface area contributed by atoms with Crippen molar-refractivity contribution in [3.05, 3.63) is 78.6 Å². The predicted molar refractivity (Wildman–Crippen MR) is 88.6 cm³/mol. The van der Waals surface area contributed by atoms with Crippen LogP contribution in [0, 0.1) is 0 Å². The van der Waals surface area contributed by atoms with Gasteiger partial charge in [-0.05, 0) is 24.1 Å². The minimum Gasteiger partial charge on any atom is -0.337 e. The second kappa shape index (κ2) is 7.02. The molecule has 0 radical (unpaired) electrons. The van der Waals surface area contributed by atoms with E-state index in [-0.39, 0.29) is 17.5 Å². The number of aromatic amines is 1. The summed E-state index contributed by atoms with van der Waals surface area (Å²) in [5.74, 6) is 0.655. The molecule has 0 aliphatic rings. The molecule has 3 rings (SSSR count). The Bertz CT molecular complexity index is 960. The highest BCUT2D eigenvalue weighted by molar-refractivity contribution is 6.30. The number of H-pyrrole nitrogens is 1. The molecule has 0 unspecified atom stereocenters. The maximum Gasteiger partial charge on any atom is 0.328 e. The number of rotatable bonds is 5. The highest BCUT2D eigenvalue weighted by Gasteiger charge is 2.12. The number of halogens is 2. The van der Waals surface area contributed by atoms with E-state index in [4.69, 9.17) is 27.7 Å². The lowest BCUT2D eigenvalue weighted by Gasteiger charge is -2.00. The maximum absolute atomic E-state index is 11.8. The minimum absolute atomic E-state index is 0.0860. The van der Waals surface area contributed by atoms with Crippen molar-refractivity contribution in [3.8, 4) is 0 Å². The molecular weight excluding hydrogens is 355 g/mol. The molecule has 0 bridgehead atoms. The van der Waals surface area contributed by atoms with Gasteiger partial charge in [0.25, 0.3) is 5.56 Å². The molecule has 7 nitrogen and oxygen atoms in total. The summed E-state index contributed by atoms with van der Waals surface area (Å²) in [6.07, 6.45) is 2.42. The molecule has 9 heteroatoms. The van der Waals surface area contributed by atoms with Gasteiger partial charge in [-0.2, -0.15) is 4.98 Å². The first-order chi connectivity index (χ1) is 11.5. The molecule has 2 heterocycles. The Labute approximate surface area is 145 Å². The van der Waals surface area contributed by atoms with Crippen LogP contribution in [0.4, 0.5) is 0 Å². The molecule has 0 spiro atoms. The minimum atomic E-state index is -0.610. The quantitative estimate of drug-likeness (QED) is 0.745. The lowest BCUT2D eigenvalue weighted by molar-refractivity contribution is 0.362. The summed E-state index contributed by atoms with van der Waals surface area (Å²) < 4.78 is 5.99. The van der Waals surface area contributed by atoms with Gasteiger partial charge < -0.3 is 9.51 Å². The Morgan fingerprint density at radius 2 is 1.88 bits per heavy atom. The average Bonchev–Trinajstić information content (AvgIpc) is 3.02. The Balaban J connectivity index is 1.70. The number of nitrogens with zero attached hydrogens (tertiary/aromatic N) is 3. The Kier molecular flexibility index (Phi) is 4.82. The third-order valence-electron chi connectivity index (χ3n) is 3.37. The van der Waals surface area contributed by atoms with Crippen molar-refractivity contribution in [1.82, 2.24) is 19.7 Å². The summed E-state index contributed by atoms with van der Waals surface area (Å²) >= 11 is 11.5. The molecule has 1 aromatic carbocycles. The standard InChI is InChI=1S/C15H12Cl2N4O3/c16-10-4-1-9(2-5-10)3-6-12-19-13(24-20-12)8-21-14(22)11(17)7-18-15(21)23/h1-2,4-5,7H,3,6,8H2,(H,18,23). The number of hydrogen-bond donors (Lipinski definition) is 1. The van der Waals surface area contributed by atoms with Gasteiger partial charge in [0.1, 0.15) is 11.6 Å². The van der Waals surface area contributed by atoms with Gasteiger partial charge in [0.2, 0.25) is 5.89 Å². The molecule has 3 aromatic rings. The van der Waals surface area contributed by atoms with Gasteiger partial charge in [0.05, 0.1) is 0 Å². The van der Waals surface area contributed by atoms with Gasteiger partial charge >= 0.3 is 5.69 Å². The summed E-state index contributed by atoms with van der Waals surface area (Å²) in [5, 5.41) is 4.45. The van der Waals surface area contributed by atoms with E-state index in [2.05, 4.69) is 15.1 Å². The van der Waals surface area contributed by atoms with Gasteiger partial charge in [-0.3, -0.25) is 4.79 Å². The third-order valence-corrected chi connectivity index (χ3v) is 3.89. The van der Waals surface area contributed by atoms with Crippen molar-refractivity contribution < 1.29 is 4.52 Å². The summed E-state index contributed by atoms with van der Waals surface area (Å²) in [4.78, 5) is 30.1. The van der Waals surface area contributed by atoms with Crippen LogP contribution in [0.15, 0.2) is 44.6 Å². The first-order valence-corrected chi connectivity index (χ1v) is 7.82.